The zero-order valence-corrected chi connectivity index (χ0v) is 17.4. The summed E-state index contributed by atoms with van der Waals surface area (Å²) in [5.41, 5.74) is 4.12. The number of rotatable bonds is 9. The summed E-state index contributed by atoms with van der Waals surface area (Å²) in [6, 6.07) is 24.7. The molecule has 0 radical (unpaired) electrons. The highest BCUT2D eigenvalue weighted by Crippen LogP contribution is 2.19. The molecule has 0 bridgehead atoms. The average Bonchev–Trinajstić information content (AvgIpc) is 2.80. The Kier molecular flexibility index (Phi) is 7.78. The first-order valence-electron chi connectivity index (χ1n) is 10.5. The first kappa shape index (κ1) is 21.3. The van der Waals surface area contributed by atoms with E-state index in [2.05, 4.69) is 24.4 Å². The molecule has 0 spiro atoms. The molecule has 3 rings (SSSR count). The molecule has 0 aliphatic carbocycles. The van der Waals surface area contributed by atoms with Crippen LogP contribution in [0.1, 0.15) is 48.5 Å². The van der Waals surface area contributed by atoms with Crippen molar-refractivity contribution in [3.63, 3.8) is 0 Å². The summed E-state index contributed by atoms with van der Waals surface area (Å²) >= 11 is 0. The van der Waals surface area contributed by atoms with Gasteiger partial charge in [0.2, 0.25) is 5.69 Å². The summed E-state index contributed by atoms with van der Waals surface area (Å²) in [6.45, 7) is 2.84. The first-order valence-corrected chi connectivity index (χ1v) is 10.5. The van der Waals surface area contributed by atoms with Crippen LogP contribution >= 0.6 is 0 Å². The first-order chi connectivity index (χ1) is 14.7. The fourth-order valence-electron chi connectivity index (χ4n) is 3.22. The fourth-order valence-corrected chi connectivity index (χ4v) is 3.22. The predicted molar refractivity (Wildman–Crippen MR) is 123 cm³/mol. The van der Waals surface area contributed by atoms with Gasteiger partial charge in [0.25, 0.3) is 5.91 Å². The van der Waals surface area contributed by atoms with Crippen LogP contribution in [-0.2, 0) is 0 Å². The van der Waals surface area contributed by atoms with E-state index >= 15 is 0 Å². The summed E-state index contributed by atoms with van der Waals surface area (Å²) in [5.74, 6) is -0.101. The summed E-state index contributed by atoms with van der Waals surface area (Å²) < 4.78 is 0.823. The second-order valence-electron chi connectivity index (χ2n) is 7.31. The fraction of sp³-hybridized carbons (Fsp3) is 0.231. The van der Waals surface area contributed by atoms with Gasteiger partial charge < -0.3 is 10.5 Å². The minimum absolute atomic E-state index is 0.101. The maximum atomic E-state index is 12.5. The van der Waals surface area contributed by atoms with Crippen LogP contribution in [0.4, 0.5) is 5.69 Å². The SMILES string of the molecule is CCCCCCNC(=O)c1ccc([N+]([O-])=Cc2ccc(-c3ccccc3)cc2)cc1. The van der Waals surface area contributed by atoms with Crippen LogP contribution in [0.25, 0.3) is 11.1 Å². The Morgan fingerprint density at radius 1 is 0.867 bits per heavy atom. The second-order valence-corrected chi connectivity index (χ2v) is 7.31. The lowest BCUT2D eigenvalue weighted by Gasteiger charge is -2.07. The monoisotopic (exact) mass is 400 g/mol. The Morgan fingerprint density at radius 2 is 1.53 bits per heavy atom. The molecule has 4 nitrogen and oxygen atoms in total. The van der Waals surface area contributed by atoms with Gasteiger partial charge in [-0.1, -0.05) is 68.7 Å². The average molecular weight is 401 g/mol. The maximum absolute atomic E-state index is 12.5. The maximum Gasteiger partial charge on any atom is 0.251 e. The molecule has 0 unspecified atom stereocenters. The van der Waals surface area contributed by atoms with E-state index in [-0.39, 0.29) is 5.91 Å². The van der Waals surface area contributed by atoms with Crippen molar-refractivity contribution in [2.24, 2.45) is 0 Å². The lowest BCUT2D eigenvalue weighted by molar-refractivity contribution is -0.354. The molecule has 1 N–H and O–H groups in total. The van der Waals surface area contributed by atoms with Gasteiger partial charge in [-0.3, -0.25) is 4.79 Å². The molecule has 0 saturated carbocycles. The number of carbonyl (C=O) groups excluding carboxylic acids is 1. The molecule has 0 aromatic heterocycles. The molecule has 0 saturated heterocycles. The molecule has 0 atom stereocenters. The summed E-state index contributed by atoms with van der Waals surface area (Å²) in [7, 11) is 0. The number of amides is 1. The number of hydrogen-bond acceptors (Lipinski definition) is 2. The smallest absolute Gasteiger partial charge is 0.251 e. The quantitative estimate of drug-likeness (QED) is 0.159. The van der Waals surface area contributed by atoms with Crippen LogP contribution in [0.2, 0.25) is 0 Å². The van der Waals surface area contributed by atoms with Crippen molar-refractivity contribution in [3.05, 3.63) is 95.2 Å². The minimum Gasteiger partial charge on any atom is -0.618 e. The number of unbranched alkanes of at least 4 members (excludes halogenated alkanes) is 3. The zero-order valence-electron chi connectivity index (χ0n) is 17.4. The van der Waals surface area contributed by atoms with Crippen molar-refractivity contribution in [2.75, 3.05) is 6.54 Å². The molecule has 154 valence electrons. The van der Waals surface area contributed by atoms with Crippen molar-refractivity contribution >= 4 is 17.8 Å². The van der Waals surface area contributed by atoms with Gasteiger partial charge in [0.15, 0.2) is 6.21 Å². The second kappa shape index (κ2) is 11.0. The van der Waals surface area contributed by atoms with Crippen LogP contribution < -0.4 is 5.32 Å². The van der Waals surface area contributed by atoms with Gasteiger partial charge in [-0.2, -0.15) is 4.74 Å². The van der Waals surface area contributed by atoms with Gasteiger partial charge in [0.1, 0.15) is 0 Å². The van der Waals surface area contributed by atoms with Gasteiger partial charge in [0, 0.05) is 29.8 Å². The highest BCUT2D eigenvalue weighted by Gasteiger charge is 2.08. The Bertz CT molecular complexity index is 962. The highest BCUT2D eigenvalue weighted by atomic mass is 16.5. The lowest BCUT2D eigenvalue weighted by Crippen LogP contribution is -2.24. The van der Waals surface area contributed by atoms with Crippen LogP contribution in [0.3, 0.4) is 0 Å². The summed E-state index contributed by atoms with van der Waals surface area (Å²) in [5, 5.41) is 15.4. The standard InChI is InChI=1S/C26H28N2O2/c1-2-3-4-8-19-27-26(29)24-15-17-25(18-16-24)28(30)20-21-11-13-23(14-12-21)22-9-6-5-7-10-22/h5-7,9-18,20H,2-4,8,19H2,1H3,(H,27,29). The third-order valence-corrected chi connectivity index (χ3v) is 4.98. The largest absolute Gasteiger partial charge is 0.618 e. The molecule has 3 aromatic rings. The van der Waals surface area contributed by atoms with Crippen molar-refractivity contribution < 1.29 is 9.53 Å². The van der Waals surface area contributed by atoms with Gasteiger partial charge in [0.05, 0.1) is 0 Å². The number of carbonyl (C=O) groups is 1. The van der Waals surface area contributed by atoms with Gasteiger partial charge in [-0.15, -0.1) is 0 Å². The Morgan fingerprint density at radius 3 is 2.20 bits per heavy atom. The van der Waals surface area contributed by atoms with E-state index < -0.39 is 0 Å². The number of hydrogen-bond donors (Lipinski definition) is 1. The zero-order chi connectivity index (χ0) is 21.2. The van der Waals surface area contributed by atoms with Gasteiger partial charge in [-0.05, 0) is 41.8 Å². The van der Waals surface area contributed by atoms with E-state index in [1.54, 1.807) is 24.3 Å². The van der Waals surface area contributed by atoms with Crippen molar-refractivity contribution in [1.29, 1.82) is 0 Å². The molecule has 3 aromatic carbocycles. The molecule has 0 aliphatic heterocycles. The molecule has 0 aliphatic rings. The molecule has 30 heavy (non-hydrogen) atoms. The van der Waals surface area contributed by atoms with Gasteiger partial charge >= 0.3 is 0 Å². The molecule has 0 heterocycles. The van der Waals surface area contributed by atoms with E-state index in [4.69, 9.17) is 0 Å². The van der Waals surface area contributed by atoms with Crippen molar-refractivity contribution in [2.45, 2.75) is 32.6 Å². The normalized spacial score (nSPS) is 11.3. The molecular formula is C26H28N2O2. The van der Waals surface area contributed by atoms with Crippen LogP contribution in [0.5, 0.6) is 0 Å². The summed E-state index contributed by atoms with van der Waals surface area (Å²) in [6.07, 6.45) is 6.02. The summed E-state index contributed by atoms with van der Waals surface area (Å²) in [4.78, 5) is 12.2. The third-order valence-electron chi connectivity index (χ3n) is 4.98. The third kappa shape index (κ3) is 6.05. The van der Waals surface area contributed by atoms with Crippen molar-refractivity contribution in [1.82, 2.24) is 5.32 Å². The minimum atomic E-state index is -0.101. The molecular weight excluding hydrogens is 372 g/mol. The van der Waals surface area contributed by atoms with Crippen LogP contribution in [0, 0.1) is 5.21 Å². The van der Waals surface area contributed by atoms with E-state index in [9.17, 15) is 10.0 Å². The molecule has 4 heteroatoms. The lowest BCUT2D eigenvalue weighted by atomic mass is 10.0. The predicted octanol–water partition coefficient (Wildman–Crippen LogP) is 5.92. The Hall–Kier alpha value is -3.40. The van der Waals surface area contributed by atoms with Crippen LogP contribution in [0.15, 0.2) is 78.9 Å². The Labute approximate surface area is 178 Å². The topological polar surface area (TPSA) is 55.2 Å². The van der Waals surface area contributed by atoms with E-state index in [0.717, 1.165) is 34.3 Å². The number of nitrogens with zero attached hydrogens (tertiary/aromatic N) is 1. The van der Waals surface area contributed by atoms with E-state index in [1.807, 2.05) is 42.5 Å². The molecule has 1 amide bonds. The van der Waals surface area contributed by atoms with Crippen LogP contribution in [-0.4, -0.2) is 23.4 Å². The number of benzene rings is 3. The molecule has 0 fully saturated rings. The highest BCUT2D eigenvalue weighted by molar-refractivity contribution is 5.94. The van der Waals surface area contributed by atoms with E-state index in [0.29, 0.717) is 17.8 Å². The van der Waals surface area contributed by atoms with Gasteiger partial charge in [-0.25, -0.2) is 0 Å². The number of nitrogens with one attached hydrogen (secondary N) is 1. The Balaban J connectivity index is 1.60. The van der Waals surface area contributed by atoms with E-state index in [1.165, 1.54) is 19.1 Å². The van der Waals surface area contributed by atoms with Crippen molar-refractivity contribution in [3.8, 4) is 11.1 Å².